The Balaban J connectivity index is 1.45. The van der Waals surface area contributed by atoms with Crippen LogP contribution < -0.4 is 16.0 Å². The molecular formula is C19H25N5O. The molecule has 0 radical (unpaired) electrons. The number of rotatable bonds is 8. The molecule has 0 saturated carbocycles. The largest absolute Gasteiger partial charge is 0.369 e. The quantitative estimate of drug-likeness (QED) is 0.709. The summed E-state index contributed by atoms with van der Waals surface area (Å²) < 4.78 is 0. The molecule has 3 rings (SSSR count). The van der Waals surface area contributed by atoms with Crippen molar-refractivity contribution in [1.29, 1.82) is 0 Å². The van der Waals surface area contributed by atoms with Crippen LogP contribution in [-0.4, -0.2) is 37.2 Å². The molecule has 132 valence electrons. The molecule has 0 bridgehead atoms. The number of carbonyl (C=O) groups is 1. The fraction of sp³-hybridized carbons (Fsp3) is 0.526. The van der Waals surface area contributed by atoms with Gasteiger partial charge in [-0.2, -0.15) is 10.2 Å². The molecule has 6 nitrogen and oxygen atoms in total. The molecule has 1 amide bonds. The Hall–Kier alpha value is -2.39. The number of nitrogens with two attached hydrogens (primary N) is 1. The molecule has 6 heteroatoms. The average Bonchev–Trinajstić information content (AvgIpc) is 3.40. The maximum absolute atomic E-state index is 12.3. The van der Waals surface area contributed by atoms with Crippen LogP contribution in [0.5, 0.6) is 0 Å². The molecule has 1 unspecified atom stereocenters. The second-order valence-electron chi connectivity index (χ2n) is 6.71. The fourth-order valence-corrected chi connectivity index (χ4v) is 3.31. The van der Waals surface area contributed by atoms with Gasteiger partial charge < -0.3 is 16.0 Å². The third kappa shape index (κ3) is 4.37. The predicted molar refractivity (Wildman–Crippen MR) is 98.2 cm³/mol. The Bertz CT molecular complexity index is 687. The summed E-state index contributed by atoms with van der Waals surface area (Å²) in [5, 5.41) is 11.0. The van der Waals surface area contributed by atoms with E-state index in [1.54, 1.807) is 0 Å². The van der Waals surface area contributed by atoms with Gasteiger partial charge in [-0.05, 0) is 24.5 Å². The number of amides is 1. The minimum atomic E-state index is -0.555. The molecule has 25 heavy (non-hydrogen) atoms. The zero-order valence-corrected chi connectivity index (χ0v) is 14.4. The highest BCUT2D eigenvalue weighted by Crippen LogP contribution is 2.36. The SMILES string of the molecule is C#CCCC1(CCNC(=O)C(N)CN2CCCc3ccccc32)N=N1. The number of carbonyl (C=O) groups excluding carboxylic acids is 1. The number of terminal acetylenes is 1. The van der Waals surface area contributed by atoms with Gasteiger partial charge in [0.25, 0.3) is 0 Å². The van der Waals surface area contributed by atoms with Crippen LogP contribution in [0.25, 0.3) is 0 Å². The smallest absolute Gasteiger partial charge is 0.238 e. The van der Waals surface area contributed by atoms with E-state index in [-0.39, 0.29) is 11.6 Å². The summed E-state index contributed by atoms with van der Waals surface area (Å²) in [7, 11) is 0. The number of aryl methyl sites for hydroxylation is 1. The van der Waals surface area contributed by atoms with Crippen LogP contribution in [0.3, 0.4) is 0 Å². The van der Waals surface area contributed by atoms with E-state index in [1.165, 1.54) is 11.3 Å². The van der Waals surface area contributed by atoms with Crippen molar-refractivity contribution in [2.45, 2.75) is 43.8 Å². The Morgan fingerprint density at radius 1 is 1.40 bits per heavy atom. The first kappa shape index (κ1) is 17.4. The van der Waals surface area contributed by atoms with Gasteiger partial charge in [0.05, 0.1) is 0 Å². The number of hydrogen-bond acceptors (Lipinski definition) is 5. The number of anilines is 1. The van der Waals surface area contributed by atoms with Gasteiger partial charge in [-0.25, -0.2) is 0 Å². The first-order valence-electron chi connectivity index (χ1n) is 8.87. The summed E-state index contributed by atoms with van der Waals surface area (Å²) in [5.74, 6) is 2.47. The van der Waals surface area contributed by atoms with Crippen molar-refractivity contribution in [1.82, 2.24) is 5.32 Å². The predicted octanol–water partition coefficient (Wildman–Crippen LogP) is 1.85. The minimum absolute atomic E-state index is 0.129. The first-order chi connectivity index (χ1) is 12.1. The van der Waals surface area contributed by atoms with Crippen LogP contribution in [0.1, 0.15) is 31.2 Å². The van der Waals surface area contributed by atoms with Gasteiger partial charge in [-0.15, -0.1) is 12.3 Å². The van der Waals surface area contributed by atoms with Crippen LogP contribution in [0.15, 0.2) is 34.5 Å². The third-order valence-corrected chi connectivity index (χ3v) is 4.84. The van der Waals surface area contributed by atoms with Crippen molar-refractivity contribution >= 4 is 11.6 Å². The number of para-hydroxylation sites is 1. The van der Waals surface area contributed by atoms with Crippen LogP contribution in [0.2, 0.25) is 0 Å². The lowest BCUT2D eigenvalue weighted by Gasteiger charge is -2.32. The molecule has 0 spiro atoms. The highest BCUT2D eigenvalue weighted by atomic mass is 16.2. The van der Waals surface area contributed by atoms with Gasteiger partial charge in [0.15, 0.2) is 5.66 Å². The van der Waals surface area contributed by atoms with E-state index in [0.29, 0.717) is 25.9 Å². The van der Waals surface area contributed by atoms with Gasteiger partial charge in [-0.1, -0.05) is 18.2 Å². The van der Waals surface area contributed by atoms with Crippen molar-refractivity contribution in [3.8, 4) is 12.3 Å². The number of fused-ring (bicyclic) bond motifs is 1. The molecule has 0 saturated heterocycles. The van der Waals surface area contributed by atoms with E-state index in [4.69, 9.17) is 12.2 Å². The van der Waals surface area contributed by atoms with Gasteiger partial charge in [0.1, 0.15) is 6.04 Å². The van der Waals surface area contributed by atoms with Crippen LogP contribution in [-0.2, 0) is 11.2 Å². The first-order valence-corrected chi connectivity index (χ1v) is 8.87. The topological polar surface area (TPSA) is 83.1 Å². The van der Waals surface area contributed by atoms with Crippen molar-refractivity contribution in [2.24, 2.45) is 16.0 Å². The van der Waals surface area contributed by atoms with E-state index in [2.05, 4.69) is 44.6 Å². The zero-order valence-electron chi connectivity index (χ0n) is 14.4. The van der Waals surface area contributed by atoms with Crippen LogP contribution >= 0.6 is 0 Å². The summed E-state index contributed by atoms with van der Waals surface area (Å²) in [5.41, 5.74) is 8.28. The summed E-state index contributed by atoms with van der Waals surface area (Å²) in [6.45, 7) is 1.98. The van der Waals surface area contributed by atoms with E-state index in [1.807, 2.05) is 6.07 Å². The van der Waals surface area contributed by atoms with Crippen molar-refractivity contribution in [3.63, 3.8) is 0 Å². The molecule has 1 aromatic carbocycles. The van der Waals surface area contributed by atoms with Gasteiger partial charge >= 0.3 is 0 Å². The van der Waals surface area contributed by atoms with E-state index < -0.39 is 6.04 Å². The second-order valence-corrected chi connectivity index (χ2v) is 6.71. The Morgan fingerprint density at radius 3 is 2.96 bits per heavy atom. The number of hydrogen-bond donors (Lipinski definition) is 2. The van der Waals surface area contributed by atoms with Crippen molar-refractivity contribution in [3.05, 3.63) is 29.8 Å². The molecule has 0 fully saturated rings. The minimum Gasteiger partial charge on any atom is -0.369 e. The Kier molecular flexibility index (Phi) is 5.34. The average molecular weight is 339 g/mol. The van der Waals surface area contributed by atoms with E-state index in [0.717, 1.165) is 25.8 Å². The van der Waals surface area contributed by atoms with Crippen molar-refractivity contribution in [2.75, 3.05) is 24.5 Å². The van der Waals surface area contributed by atoms with Crippen LogP contribution in [0, 0.1) is 12.3 Å². The zero-order chi connectivity index (χ0) is 17.7. The third-order valence-electron chi connectivity index (χ3n) is 4.84. The Morgan fingerprint density at radius 2 is 2.20 bits per heavy atom. The summed E-state index contributed by atoms with van der Waals surface area (Å²) >= 11 is 0. The number of benzene rings is 1. The maximum atomic E-state index is 12.3. The van der Waals surface area contributed by atoms with E-state index >= 15 is 0 Å². The molecule has 1 atom stereocenters. The second kappa shape index (κ2) is 7.66. The number of nitrogens with zero attached hydrogens (tertiary/aromatic N) is 3. The Labute approximate surface area is 148 Å². The van der Waals surface area contributed by atoms with Crippen molar-refractivity contribution < 1.29 is 4.79 Å². The lowest BCUT2D eigenvalue weighted by molar-refractivity contribution is -0.122. The molecule has 0 aliphatic carbocycles. The summed E-state index contributed by atoms with van der Waals surface area (Å²) in [6, 6.07) is 7.77. The van der Waals surface area contributed by atoms with Gasteiger partial charge in [0, 0.05) is 44.6 Å². The molecule has 3 N–H and O–H groups in total. The normalized spacial score (nSPS) is 18.2. The molecular weight excluding hydrogens is 314 g/mol. The molecule has 2 aliphatic heterocycles. The van der Waals surface area contributed by atoms with Gasteiger partial charge in [-0.3, -0.25) is 4.79 Å². The highest BCUT2D eigenvalue weighted by Gasteiger charge is 2.38. The molecule has 0 aromatic heterocycles. The lowest BCUT2D eigenvalue weighted by atomic mass is 10.0. The van der Waals surface area contributed by atoms with E-state index in [9.17, 15) is 4.79 Å². The van der Waals surface area contributed by atoms with Crippen LogP contribution in [0.4, 0.5) is 5.69 Å². The summed E-state index contributed by atoms with van der Waals surface area (Å²) in [4.78, 5) is 14.5. The molecule has 2 heterocycles. The van der Waals surface area contributed by atoms with Gasteiger partial charge in [0.2, 0.25) is 5.91 Å². The molecule has 2 aliphatic rings. The fourth-order valence-electron chi connectivity index (χ4n) is 3.31. The number of nitrogens with one attached hydrogen (secondary N) is 1. The standard InChI is InChI=1S/C19H25N5O/c1-2-3-10-19(22-23-19)11-12-21-18(25)16(20)14-24-13-6-8-15-7-4-5-9-17(15)24/h1,4-5,7,9,16H,3,6,8,10-14,20H2,(H,21,25). The highest BCUT2D eigenvalue weighted by molar-refractivity contribution is 5.82. The maximum Gasteiger partial charge on any atom is 0.238 e. The monoisotopic (exact) mass is 339 g/mol. The summed E-state index contributed by atoms with van der Waals surface area (Å²) in [6.07, 6.45) is 9.53. The lowest BCUT2D eigenvalue weighted by Crippen LogP contribution is -2.49. The molecule has 1 aromatic rings.